The molecule has 0 atom stereocenters. The van der Waals surface area contributed by atoms with Crippen LogP contribution < -0.4 is 0 Å². The highest BCUT2D eigenvalue weighted by Crippen LogP contribution is 2.32. The Balaban J connectivity index is 0.000000274. The van der Waals surface area contributed by atoms with Gasteiger partial charge < -0.3 is 0 Å². The van der Waals surface area contributed by atoms with Gasteiger partial charge in [0.2, 0.25) is 0 Å². The second-order valence-electron chi connectivity index (χ2n) is 12.2. The zero-order chi connectivity index (χ0) is 27.9. The van der Waals surface area contributed by atoms with Gasteiger partial charge in [-0.05, 0) is 63.6 Å². The SMILES string of the molecule is CC(C)(C)c1cccc(C(F)(F)F)c1.CC(C)(C)c1ccccc1.Cc1cc(Cl)cc(C(C)(C)C)c1. The van der Waals surface area contributed by atoms with Gasteiger partial charge in [0, 0.05) is 5.02 Å². The third kappa shape index (κ3) is 11.2. The number of rotatable bonds is 0. The third-order valence-electron chi connectivity index (χ3n) is 5.60. The summed E-state index contributed by atoms with van der Waals surface area (Å²) < 4.78 is 37.1. The molecular formula is C32H42ClF3. The van der Waals surface area contributed by atoms with Crippen LogP contribution in [-0.2, 0) is 22.4 Å². The molecule has 0 aliphatic rings. The van der Waals surface area contributed by atoms with E-state index < -0.39 is 11.7 Å². The lowest BCUT2D eigenvalue weighted by Crippen LogP contribution is -2.13. The summed E-state index contributed by atoms with van der Waals surface area (Å²) in [6, 6.07) is 22.2. The second-order valence-corrected chi connectivity index (χ2v) is 12.6. The Morgan fingerprint density at radius 2 is 0.944 bits per heavy atom. The molecule has 0 aromatic heterocycles. The smallest absolute Gasteiger partial charge is 0.166 e. The largest absolute Gasteiger partial charge is 0.416 e. The molecule has 0 bridgehead atoms. The Hall–Kier alpha value is -2.26. The standard InChI is InChI=1S/C11H15Cl.C11H13F3.C10H14/c1-8-5-9(11(2,3)4)7-10(12)6-8;1-10(2,3)8-5-4-6-9(7-8)11(12,13)14;1-10(2,3)9-7-5-4-6-8-9/h5-7H,1-4H3;4-7H,1-3H3;4-8H,1-3H3. The number of halogens is 4. The van der Waals surface area contributed by atoms with Gasteiger partial charge in [0.05, 0.1) is 5.56 Å². The van der Waals surface area contributed by atoms with Gasteiger partial charge >= 0.3 is 6.18 Å². The Morgan fingerprint density at radius 3 is 1.33 bits per heavy atom. The van der Waals surface area contributed by atoms with Crippen molar-refractivity contribution in [1.82, 2.24) is 0 Å². The summed E-state index contributed by atoms with van der Waals surface area (Å²) >= 11 is 5.96. The average molecular weight is 519 g/mol. The van der Waals surface area contributed by atoms with E-state index in [2.05, 4.69) is 84.9 Å². The molecule has 0 fully saturated rings. The van der Waals surface area contributed by atoms with Crippen molar-refractivity contribution in [3.63, 3.8) is 0 Å². The summed E-state index contributed by atoms with van der Waals surface area (Å²) in [6.07, 6.45) is -4.25. The normalized spacial score (nSPS) is 12.2. The second kappa shape index (κ2) is 12.3. The first-order valence-corrected chi connectivity index (χ1v) is 12.6. The predicted molar refractivity (Wildman–Crippen MR) is 150 cm³/mol. The van der Waals surface area contributed by atoms with E-state index in [1.807, 2.05) is 32.9 Å². The van der Waals surface area contributed by atoms with Gasteiger partial charge in [-0.3, -0.25) is 0 Å². The molecule has 3 rings (SSSR count). The minimum absolute atomic E-state index is 0.190. The number of benzene rings is 3. The van der Waals surface area contributed by atoms with Gasteiger partial charge in [-0.25, -0.2) is 0 Å². The molecule has 0 radical (unpaired) electrons. The van der Waals surface area contributed by atoms with E-state index in [9.17, 15) is 13.2 Å². The molecule has 198 valence electrons. The first kappa shape index (κ1) is 31.8. The molecule has 0 aliphatic heterocycles. The van der Waals surface area contributed by atoms with Crippen LogP contribution >= 0.6 is 11.6 Å². The van der Waals surface area contributed by atoms with Crippen LogP contribution in [0.3, 0.4) is 0 Å². The summed E-state index contributed by atoms with van der Waals surface area (Å²) in [5.41, 5.74) is 4.28. The Labute approximate surface area is 221 Å². The van der Waals surface area contributed by atoms with Gasteiger partial charge in [-0.2, -0.15) is 13.2 Å². The van der Waals surface area contributed by atoms with Gasteiger partial charge in [0.1, 0.15) is 0 Å². The van der Waals surface area contributed by atoms with Crippen molar-refractivity contribution < 1.29 is 13.2 Å². The number of aryl methyl sites for hydroxylation is 1. The van der Waals surface area contributed by atoms with Crippen molar-refractivity contribution >= 4 is 11.6 Å². The Morgan fingerprint density at radius 1 is 0.500 bits per heavy atom. The van der Waals surface area contributed by atoms with Gasteiger partial charge in [-0.1, -0.05) is 129 Å². The van der Waals surface area contributed by atoms with E-state index in [-0.39, 0.29) is 10.8 Å². The van der Waals surface area contributed by atoms with Crippen LogP contribution in [0.5, 0.6) is 0 Å². The summed E-state index contributed by atoms with van der Waals surface area (Å²) in [5, 5.41) is 0.833. The summed E-state index contributed by atoms with van der Waals surface area (Å²) in [5.74, 6) is 0. The summed E-state index contributed by atoms with van der Waals surface area (Å²) in [6.45, 7) is 21.0. The van der Waals surface area contributed by atoms with Crippen molar-refractivity contribution in [2.45, 2.75) is 91.7 Å². The molecule has 0 nitrogen and oxygen atoms in total. The predicted octanol–water partition coefficient (Wildman–Crippen LogP) is 10.9. The third-order valence-corrected chi connectivity index (χ3v) is 5.82. The zero-order valence-electron chi connectivity index (χ0n) is 23.4. The number of hydrogen-bond donors (Lipinski definition) is 0. The average Bonchev–Trinajstić information content (AvgIpc) is 2.72. The molecular weight excluding hydrogens is 477 g/mol. The van der Waals surface area contributed by atoms with Crippen LogP contribution in [-0.4, -0.2) is 0 Å². The van der Waals surface area contributed by atoms with E-state index in [4.69, 9.17) is 11.6 Å². The van der Waals surface area contributed by atoms with Gasteiger partial charge in [0.25, 0.3) is 0 Å². The highest BCUT2D eigenvalue weighted by atomic mass is 35.5. The molecule has 0 spiro atoms. The first-order chi connectivity index (χ1) is 16.2. The zero-order valence-corrected chi connectivity index (χ0v) is 24.2. The van der Waals surface area contributed by atoms with Crippen molar-refractivity contribution in [1.29, 1.82) is 0 Å². The van der Waals surface area contributed by atoms with Crippen LogP contribution in [0.4, 0.5) is 13.2 Å². The summed E-state index contributed by atoms with van der Waals surface area (Å²) in [4.78, 5) is 0. The quantitative estimate of drug-likeness (QED) is 0.277. The molecule has 3 aromatic carbocycles. The van der Waals surface area contributed by atoms with Crippen LogP contribution in [0.1, 0.15) is 90.1 Å². The number of hydrogen-bond acceptors (Lipinski definition) is 0. The van der Waals surface area contributed by atoms with E-state index in [1.54, 1.807) is 6.07 Å². The topological polar surface area (TPSA) is 0 Å². The van der Waals surface area contributed by atoms with E-state index in [1.165, 1.54) is 28.8 Å². The molecule has 0 aliphatic carbocycles. The highest BCUT2D eigenvalue weighted by molar-refractivity contribution is 6.30. The van der Waals surface area contributed by atoms with Crippen molar-refractivity contribution in [3.05, 3.63) is 106 Å². The fraction of sp³-hybridized carbons (Fsp3) is 0.438. The molecule has 0 saturated carbocycles. The van der Waals surface area contributed by atoms with E-state index in [0.29, 0.717) is 11.0 Å². The maximum absolute atomic E-state index is 12.4. The van der Waals surface area contributed by atoms with E-state index in [0.717, 1.165) is 11.1 Å². The maximum atomic E-state index is 12.4. The monoisotopic (exact) mass is 518 g/mol. The van der Waals surface area contributed by atoms with Crippen molar-refractivity contribution in [2.75, 3.05) is 0 Å². The van der Waals surface area contributed by atoms with Crippen molar-refractivity contribution in [3.8, 4) is 0 Å². The molecule has 4 heteroatoms. The highest BCUT2D eigenvalue weighted by Gasteiger charge is 2.31. The molecule has 0 amide bonds. The molecule has 36 heavy (non-hydrogen) atoms. The lowest BCUT2D eigenvalue weighted by Gasteiger charge is -2.20. The minimum atomic E-state index is -4.25. The lowest BCUT2D eigenvalue weighted by molar-refractivity contribution is -0.137. The summed E-state index contributed by atoms with van der Waals surface area (Å²) in [7, 11) is 0. The molecule has 3 aromatic rings. The Kier molecular flexibility index (Phi) is 10.9. The molecule has 0 saturated heterocycles. The maximum Gasteiger partial charge on any atom is 0.416 e. The fourth-order valence-electron chi connectivity index (χ4n) is 3.27. The van der Waals surface area contributed by atoms with E-state index >= 15 is 0 Å². The minimum Gasteiger partial charge on any atom is -0.166 e. The first-order valence-electron chi connectivity index (χ1n) is 12.2. The molecule has 0 unspecified atom stereocenters. The van der Waals surface area contributed by atoms with Gasteiger partial charge in [-0.15, -0.1) is 0 Å². The fourth-order valence-corrected chi connectivity index (χ4v) is 3.56. The Bertz CT molecular complexity index is 1030. The molecule has 0 heterocycles. The molecule has 0 N–H and O–H groups in total. The van der Waals surface area contributed by atoms with Crippen molar-refractivity contribution in [2.24, 2.45) is 0 Å². The van der Waals surface area contributed by atoms with Crippen LogP contribution in [0.25, 0.3) is 0 Å². The van der Waals surface area contributed by atoms with Gasteiger partial charge in [0.15, 0.2) is 0 Å². The lowest BCUT2D eigenvalue weighted by atomic mass is 9.86. The number of alkyl halides is 3. The van der Waals surface area contributed by atoms with Crippen LogP contribution in [0, 0.1) is 6.92 Å². The van der Waals surface area contributed by atoms with Crippen LogP contribution in [0.2, 0.25) is 5.02 Å². The van der Waals surface area contributed by atoms with Crippen LogP contribution in [0.15, 0.2) is 72.8 Å².